The number of unbranched alkanes of at least 4 members (excludes halogenated alkanes) is 1. The molecule has 1 N–H and O–H groups in total. The lowest BCUT2D eigenvalue weighted by molar-refractivity contribution is -0.000796. The van der Waals surface area contributed by atoms with Crippen molar-refractivity contribution in [3.8, 4) is 0 Å². The summed E-state index contributed by atoms with van der Waals surface area (Å²) in [4.78, 5) is 0. The van der Waals surface area contributed by atoms with Crippen molar-refractivity contribution in [2.24, 2.45) is 5.92 Å². The highest BCUT2D eigenvalue weighted by Gasteiger charge is 2.28. The lowest BCUT2D eigenvalue weighted by atomic mass is 9.77. The van der Waals surface area contributed by atoms with E-state index < -0.39 is 0 Å². The second-order valence-electron chi connectivity index (χ2n) is 4.60. The van der Waals surface area contributed by atoms with Gasteiger partial charge in [0.05, 0.1) is 5.60 Å². The van der Waals surface area contributed by atoms with Gasteiger partial charge in [-0.15, -0.1) is 0 Å². The summed E-state index contributed by atoms with van der Waals surface area (Å²) in [6.45, 7) is 4.23. The number of hydrogen-bond donors (Lipinski definition) is 1. The van der Waals surface area contributed by atoms with E-state index in [1.54, 1.807) is 0 Å². The first-order valence-electron chi connectivity index (χ1n) is 5.36. The maximum atomic E-state index is 9.84. The number of aliphatic hydroxyl groups is 1. The minimum absolute atomic E-state index is 0.351. The Bertz CT molecular complexity index is 129. The van der Waals surface area contributed by atoms with Crippen LogP contribution in [0, 0.1) is 5.92 Å². The number of rotatable bonds is 3. The third-order valence-electron chi connectivity index (χ3n) is 3.02. The lowest BCUT2D eigenvalue weighted by Gasteiger charge is -2.33. The van der Waals surface area contributed by atoms with Crippen LogP contribution in [0.4, 0.5) is 0 Å². The maximum Gasteiger partial charge on any atom is 0.0622 e. The summed E-state index contributed by atoms with van der Waals surface area (Å²) in [5, 5.41) is 9.84. The molecule has 72 valence electrons. The van der Waals surface area contributed by atoms with Crippen LogP contribution in [0.3, 0.4) is 0 Å². The Balaban J connectivity index is 2.26. The second-order valence-corrected chi connectivity index (χ2v) is 4.60. The first kappa shape index (κ1) is 10.0. The van der Waals surface area contributed by atoms with Crippen LogP contribution in [0.2, 0.25) is 0 Å². The topological polar surface area (TPSA) is 20.2 Å². The third kappa shape index (κ3) is 3.14. The third-order valence-corrected chi connectivity index (χ3v) is 3.02. The van der Waals surface area contributed by atoms with Gasteiger partial charge in [0.15, 0.2) is 0 Å². The molecule has 0 aromatic carbocycles. The zero-order valence-electron chi connectivity index (χ0n) is 8.47. The molecule has 0 amide bonds. The van der Waals surface area contributed by atoms with Crippen molar-refractivity contribution in [2.75, 3.05) is 0 Å². The fraction of sp³-hybridized carbons (Fsp3) is 1.00. The quantitative estimate of drug-likeness (QED) is 0.690. The summed E-state index contributed by atoms with van der Waals surface area (Å²) < 4.78 is 0. The van der Waals surface area contributed by atoms with Crippen LogP contribution in [0.5, 0.6) is 0 Å². The summed E-state index contributed by atoms with van der Waals surface area (Å²) in [5.41, 5.74) is -0.351. The summed E-state index contributed by atoms with van der Waals surface area (Å²) >= 11 is 0. The molecule has 1 fully saturated rings. The highest BCUT2D eigenvalue weighted by Crippen LogP contribution is 2.34. The van der Waals surface area contributed by atoms with Crippen LogP contribution in [-0.4, -0.2) is 10.7 Å². The summed E-state index contributed by atoms with van der Waals surface area (Å²) in [6, 6.07) is 0. The average Bonchev–Trinajstić information content (AvgIpc) is 1.99. The average molecular weight is 170 g/mol. The van der Waals surface area contributed by atoms with E-state index in [1.165, 1.54) is 32.1 Å². The molecule has 0 saturated heterocycles. The van der Waals surface area contributed by atoms with E-state index in [9.17, 15) is 5.11 Å². The summed E-state index contributed by atoms with van der Waals surface area (Å²) in [6.07, 6.45) is 8.56. The van der Waals surface area contributed by atoms with E-state index >= 15 is 0 Å². The Morgan fingerprint density at radius 2 is 2.25 bits per heavy atom. The van der Waals surface area contributed by atoms with Crippen LogP contribution in [-0.2, 0) is 0 Å². The zero-order valence-corrected chi connectivity index (χ0v) is 8.47. The molecule has 0 bridgehead atoms. The van der Waals surface area contributed by atoms with Gasteiger partial charge in [-0.1, -0.05) is 39.0 Å². The standard InChI is InChI=1S/C11H22O/c1-3-4-6-10-7-5-8-11(2,12)9-10/h10,12H,3-9H2,1-2H3. The van der Waals surface area contributed by atoms with Crippen molar-refractivity contribution in [1.29, 1.82) is 0 Å². The lowest BCUT2D eigenvalue weighted by Crippen LogP contribution is -2.31. The first-order valence-corrected chi connectivity index (χ1v) is 5.36. The van der Waals surface area contributed by atoms with Gasteiger partial charge in [0.1, 0.15) is 0 Å². The first-order chi connectivity index (χ1) is 5.64. The molecule has 0 aromatic heterocycles. The molecule has 1 aliphatic rings. The van der Waals surface area contributed by atoms with Crippen molar-refractivity contribution >= 4 is 0 Å². The fourth-order valence-corrected chi connectivity index (χ4v) is 2.34. The van der Waals surface area contributed by atoms with Crippen molar-refractivity contribution in [3.05, 3.63) is 0 Å². The maximum absolute atomic E-state index is 9.84. The van der Waals surface area contributed by atoms with E-state index in [-0.39, 0.29) is 5.60 Å². The van der Waals surface area contributed by atoms with Gasteiger partial charge in [-0.3, -0.25) is 0 Å². The highest BCUT2D eigenvalue weighted by atomic mass is 16.3. The van der Waals surface area contributed by atoms with Gasteiger partial charge < -0.3 is 5.11 Å². The molecule has 1 heteroatoms. The Labute approximate surface area is 76.2 Å². The Morgan fingerprint density at radius 3 is 2.83 bits per heavy atom. The van der Waals surface area contributed by atoms with Crippen LogP contribution in [0.1, 0.15) is 58.8 Å². The molecule has 0 aromatic rings. The minimum Gasteiger partial charge on any atom is -0.390 e. The van der Waals surface area contributed by atoms with Gasteiger partial charge in [0, 0.05) is 0 Å². The molecule has 0 spiro atoms. The fourth-order valence-electron chi connectivity index (χ4n) is 2.34. The number of hydrogen-bond acceptors (Lipinski definition) is 1. The van der Waals surface area contributed by atoms with Gasteiger partial charge >= 0.3 is 0 Å². The molecular weight excluding hydrogens is 148 g/mol. The Kier molecular flexibility index (Phi) is 3.57. The van der Waals surface area contributed by atoms with Gasteiger partial charge in [0.25, 0.3) is 0 Å². The van der Waals surface area contributed by atoms with Crippen LogP contribution in [0.15, 0.2) is 0 Å². The molecule has 2 atom stereocenters. The van der Waals surface area contributed by atoms with Gasteiger partial charge in [-0.2, -0.15) is 0 Å². The van der Waals surface area contributed by atoms with Crippen LogP contribution >= 0.6 is 0 Å². The Hall–Kier alpha value is -0.0400. The van der Waals surface area contributed by atoms with Gasteiger partial charge in [-0.25, -0.2) is 0 Å². The van der Waals surface area contributed by atoms with Crippen LogP contribution < -0.4 is 0 Å². The molecule has 1 nitrogen and oxygen atoms in total. The predicted molar refractivity (Wildman–Crippen MR) is 52.1 cm³/mol. The molecule has 0 heterocycles. The molecule has 0 radical (unpaired) electrons. The smallest absolute Gasteiger partial charge is 0.0622 e. The molecule has 1 rings (SSSR count). The van der Waals surface area contributed by atoms with Crippen molar-refractivity contribution in [3.63, 3.8) is 0 Å². The van der Waals surface area contributed by atoms with E-state index in [0.29, 0.717) is 0 Å². The SMILES string of the molecule is CCCCC1CCCC(C)(O)C1. The summed E-state index contributed by atoms with van der Waals surface area (Å²) in [7, 11) is 0. The van der Waals surface area contributed by atoms with Gasteiger partial charge in [0.2, 0.25) is 0 Å². The van der Waals surface area contributed by atoms with Crippen LogP contribution in [0.25, 0.3) is 0 Å². The molecule has 1 saturated carbocycles. The minimum atomic E-state index is -0.351. The molecule has 12 heavy (non-hydrogen) atoms. The predicted octanol–water partition coefficient (Wildman–Crippen LogP) is 3.12. The van der Waals surface area contributed by atoms with E-state index in [0.717, 1.165) is 18.8 Å². The monoisotopic (exact) mass is 170 g/mol. The highest BCUT2D eigenvalue weighted by molar-refractivity contribution is 4.82. The largest absolute Gasteiger partial charge is 0.390 e. The van der Waals surface area contributed by atoms with E-state index in [1.807, 2.05) is 6.92 Å². The second kappa shape index (κ2) is 4.27. The molecular formula is C11H22O. The molecule has 0 aliphatic heterocycles. The van der Waals surface area contributed by atoms with E-state index in [4.69, 9.17) is 0 Å². The molecule has 1 aliphatic carbocycles. The molecule has 2 unspecified atom stereocenters. The normalized spacial score (nSPS) is 36.8. The van der Waals surface area contributed by atoms with E-state index in [2.05, 4.69) is 6.92 Å². The van der Waals surface area contributed by atoms with Gasteiger partial charge in [-0.05, 0) is 25.7 Å². The van der Waals surface area contributed by atoms with Crippen molar-refractivity contribution in [1.82, 2.24) is 0 Å². The summed E-state index contributed by atoms with van der Waals surface area (Å²) in [5.74, 6) is 0.800. The Morgan fingerprint density at radius 1 is 1.50 bits per heavy atom. The van der Waals surface area contributed by atoms with Crippen molar-refractivity contribution < 1.29 is 5.11 Å². The van der Waals surface area contributed by atoms with Crippen molar-refractivity contribution in [2.45, 2.75) is 64.4 Å². The zero-order chi connectivity index (χ0) is 9.03.